The summed E-state index contributed by atoms with van der Waals surface area (Å²) in [6, 6.07) is 13.7. The zero-order chi connectivity index (χ0) is 17.3. The molecule has 0 spiro atoms. The van der Waals surface area contributed by atoms with Crippen LogP contribution in [0.15, 0.2) is 42.5 Å². The van der Waals surface area contributed by atoms with E-state index in [0.717, 1.165) is 26.1 Å². The summed E-state index contributed by atoms with van der Waals surface area (Å²) >= 11 is 2.22. The Labute approximate surface area is 155 Å². The zero-order valence-corrected chi connectivity index (χ0v) is 15.8. The highest BCUT2D eigenvalue weighted by Gasteiger charge is 2.35. The molecule has 1 saturated heterocycles. The van der Waals surface area contributed by atoms with E-state index >= 15 is 0 Å². The van der Waals surface area contributed by atoms with Crippen LogP contribution in [-0.2, 0) is 9.59 Å². The van der Waals surface area contributed by atoms with E-state index in [9.17, 15) is 9.59 Å². The van der Waals surface area contributed by atoms with E-state index in [0.29, 0.717) is 6.54 Å². The molecular weight excluding hydrogens is 415 g/mol. The van der Waals surface area contributed by atoms with Gasteiger partial charge in [0.1, 0.15) is 0 Å². The molecule has 124 valence electrons. The summed E-state index contributed by atoms with van der Waals surface area (Å²) in [7, 11) is 0. The molecule has 24 heavy (non-hydrogen) atoms. The average molecular weight is 434 g/mol. The van der Waals surface area contributed by atoms with E-state index in [2.05, 4.69) is 34.0 Å². The van der Waals surface area contributed by atoms with Gasteiger partial charge in [-0.05, 0) is 84.0 Å². The standard InChI is InChI=1S/C19H19IN2O2/c1-12-7-13(2)9-17(8-12)22-11-14(10-18(22)23)19(24)21-16-5-3-15(20)4-6-16/h3-9,14H,10-11H2,1-2H3,(H,21,24)/t14-/m0/s1. The van der Waals surface area contributed by atoms with Crippen molar-refractivity contribution < 1.29 is 9.59 Å². The van der Waals surface area contributed by atoms with E-state index < -0.39 is 0 Å². The number of aryl methyl sites for hydroxylation is 2. The second-order valence-corrected chi connectivity index (χ2v) is 7.49. The highest BCUT2D eigenvalue weighted by molar-refractivity contribution is 14.1. The SMILES string of the molecule is Cc1cc(C)cc(N2C[C@@H](C(=O)Nc3ccc(I)cc3)CC2=O)c1. The topological polar surface area (TPSA) is 49.4 Å². The Hall–Kier alpha value is -1.89. The molecule has 1 aliphatic heterocycles. The van der Waals surface area contributed by atoms with Crippen LogP contribution in [0, 0.1) is 23.3 Å². The molecule has 0 radical (unpaired) electrons. The van der Waals surface area contributed by atoms with Gasteiger partial charge in [0, 0.05) is 27.9 Å². The van der Waals surface area contributed by atoms with Crippen molar-refractivity contribution in [2.75, 3.05) is 16.8 Å². The van der Waals surface area contributed by atoms with Crippen molar-refractivity contribution in [1.29, 1.82) is 0 Å². The third-order valence-corrected chi connectivity index (χ3v) is 4.84. The number of nitrogens with one attached hydrogen (secondary N) is 1. The van der Waals surface area contributed by atoms with Crippen LogP contribution in [0.4, 0.5) is 11.4 Å². The summed E-state index contributed by atoms with van der Waals surface area (Å²) in [6.07, 6.45) is 0.253. The summed E-state index contributed by atoms with van der Waals surface area (Å²) in [5.41, 5.74) is 3.87. The third kappa shape index (κ3) is 3.77. The lowest BCUT2D eigenvalue weighted by molar-refractivity contribution is -0.122. The lowest BCUT2D eigenvalue weighted by Gasteiger charge is -2.18. The second-order valence-electron chi connectivity index (χ2n) is 6.25. The van der Waals surface area contributed by atoms with Gasteiger partial charge in [0.15, 0.2) is 0 Å². The fourth-order valence-electron chi connectivity index (χ4n) is 3.02. The summed E-state index contributed by atoms with van der Waals surface area (Å²) in [4.78, 5) is 26.5. The quantitative estimate of drug-likeness (QED) is 0.746. The Morgan fingerprint density at radius 2 is 1.75 bits per heavy atom. The van der Waals surface area contributed by atoms with E-state index in [1.165, 1.54) is 0 Å². The van der Waals surface area contributed by atoms with E-state index in [-0.39, 0.29) is 24.2 Å². The maximum atomic E-state index is 12.5. The predicted molar refractivity (Wildman–Crippen MR) is 104 cm³/mol. The smallest absolute Gasteiger partial charge is 0.229 e. The summed E-state index contributed by atoms with van der Waals surface area (Å²) in [5.74, 6) is -0.420. The zero-order valence-electron chi connectivity index (χ0n) is 13.7. The molecule has 1 aliphatic rings. The third-order valence-electron chi connectivity index (χ3n) is 4.13. The molecule has 0 aliphatic carbocycles. The fourth-order valence-corrected chi connectivity index (χ4v) is 3.38. The summed E-state index contributed by atoms with van der Waals surface area (Å²) in [5, 5.41) is 2.91. The number of halogens is 1. The van der Waals surface area contributed by atoms with E-state index in [1.807, 2.05) is 50.2 Å². The molecule has 5 heteroatoms. The first-order chi connectivity index (χ1) is 11.4. The maximum Gasteiger partial charge on any atom is 0.229 e. The molecular formula is C19H19IN2O2. The number of hydrogen-bond acceptors (Lipinski definition) is 2. The van der Waals surface area contributed by atoms with Crippen molar-refractivity contribution in [3.8, 4) is 0 Å². The van der Waals surface area contributed by atoms with Crippen LogP contribution in [0.3, 0.4) is 0 Å². The van der Waals surface area contributed by atoms with Crippen molar-refractivity contribution in [2.24, 2.45) is 5.92 Å². The van der Waals surface area contributed by atoms with Crippen LogP contribution >= 0.6 is 22.6 Å². The normalized spacial score (nSPS) is 17.2. The molecule has 2 aromatic rings. The van der Waals surface area contributed by atoms with Crippen molar-refractivity contribution in [3.63, 3.8) is 0 Å². The largest absolute Gasteiger partial charge is 0.326 e. The van der Waals surface area contributed by atoms with Gasteiger partial charge in [0.25, 0.3) is 0 Å². The van der Waals surface area contributed by atoms with E-state index in [4.69, 9.17) is 0 Å². The number of nitrogens with zero attached hydrogens (tertiary/aromatic N) is 1. The number of amides is 2. The lowest BCUT2D eigenvalue weighted by atomic mass is 10.1. The Kier molecular flexibility index (Phi) is 4.89. The summed E-state index contributed by atoms with van der Waals surface area (Å²) < 4.78 is 1.11. The first-order valence-electron chi connectivity index (χ1n) is 7.87. The number of benzene rings is 2. The minimum Gasteiger partial charge on any atom is -0.326 e. The molecule has 0 saturated carbocycles. The molecule has 1 atom stereocenters. The van der Waals surface area contributed by atoms with Gasteiger partial charge in [-0.1, -0.05) is 6.07 Å². The number of rotatable bonds is 3. The van der Waals surface area contributed by atoms with Gasteiger partial charge in [-0.2, -0.15) is 0 Å². The van der Waals surface area contributed by atoms with Crippen LogP contribution in [0.25, 0.3) is 0 Å². The molecule has 3 rings (SSSR count). The van der Waals surface area contributed by atoms with E-state index in [1.54, 1.807) is 4.90 Å². The number of hydrogen-bond donors (Lipinski definition) is 1. The minimum absolute atomic E-state index is 0.00256. The number of carbonyl (C=O) groups excluding carboxylic acids is 2. The van der Waals surface area contributed by atoms with Gasteiger partial charge in [-0.25, -0.2) is 0 Å². The first-order valence-corrected chi connectivity index (χ1v) is 8.95. The highest BCUT2D eigenvalue weighted by atomic mass is 127. The van der Waals surface area contributed by atoms with Crippen LogP contribution in [-0.4, -0.2) is 18.4 Å². The van der Waals surface area contributed by atoms with Gasteiger partial charge in [-0.15, -0.1) is 0 Å². The van der Waals surface area contributed by atoms with Crippen molar-refractivity contribution >= 4 is 45.8 Å². The molecule has 0 aromatic heterocycles. The minimum atomic E-state index is -0.322. The van der Waals surface area contributed by atoms with Crippen molar-refractivity contribution in [3.05, 3.63) is 57.2 Å². The monoisotopic (exact) mass is 434 g/mol. The molecule has 0 unspecified atom stereocenters. The van der Waals surface area contributed by atoms with Crippen LogP contribution in [0.5, 0.6) is 0 Å². The molecule has 1 heterocycles. The van der Waals surface area contributed by atoms with Gasteiger partial charge in [0.05, 0.1) is 5.92 Å². The van der Waals surface area contributed by atoms with Crippen LogP contribution in [0.1, 0.15) is 17.5 Å². The molecule has 2 aromatic carbocycles. The van der Waals surface area contributed by atoms with Gasteiger partial charge >= 0.3 is 0 Å². The van der Waals surface area contributed by atoms with Crippen molar-refractivity contribution in [1.82, 2.24) is 0 Å². The molecule has 1 N–H and O–H groups in total. The van der Waals surface area contributed by atoms with Crippen LogP contribution < -0.4 is 10.2 Å². The first kappa shape index (κ1) is 17.0. The molecule has 0 bridgehead atoms. The Balaban J connectivity index is 1.71. The van der Waals surface area contributed by atoms with Crippen LogP contribution in [0.2, 0.25) is 0 Å². The Morgan fingerprint density at radius 1 is 1.12 bits per heavy atom. The maximum absolute atomic E-state index is 12.5. The van der Waals surface area contributed by atoms with Crippen molar-refractivity contribution in [2.45, 2.75) is 20.3 Å². The Bertz CT molecular complexity index is 766. The van der Waals surface area contributed by atoms with Gasteiger partial charge in [-0.3, -0.25) is 9.59 Å². The van der Waals surface area contributed by atoms with Gasteiger partial charge < -0.3 is 10.2 Å². The number of anilines is 2. The molecule has 4 nitrogen and oxygen atoms in total. The Morgan fingerprint density at radius 3 is 2.38 bits per heavy atom. The highest BCUT2D eigenvalue weighted by Crippen LogP contribution is 2.27. The molecule has 2 amide bonds. The predicted octanol–water partition coefficient (Wildman–Crippen LogP) is 3.90. The number of carbonyl (C=O) groups is 2. The summed E-state index contributed by atoms with van der Waals surface area (Å²) in [6.45, 7) is 4.45. The second kappa shape index (κ2) is 6.93. The lowest BCUT2D eigenvalue weighted by Crippen LogP contribution is -2.28. The average Bonchev–Trinajstić information content (AvgIpc) is 2.91. The molecule has 1 fully saturated rings. The van der Waals surface area contributed by atoms with Gasteiger partial charge in [0.2, 0.25) is 11.8 Å². The fraction of sp³-hybridized carbons (Fsp3) is 0.263.